The maximum Gasteiger partial charge on any atom is 0.232 e. The molecular formula is C28H33N7O2S2. The molecule has 2 amide bonds. The lowest BCUT2D eigenvalue weighted by molar-refractivity contribution is -0.119. The molecular weight excluding hydrogens is 530 g/mol. The Morgan fingerprint density at radius 1 is 1.05 bits per heavy atom. The predicted molar refractivity (Wildman–Crippen MR) is 157 cm³/mol. The number of thioether (sulfide) groups is 1. The van der Waals surface area contributed by atoms with E-state index in [-0.39, 0.29) is 30.6 Å². The standard InChI is InChI=1S/C28H33N7O2S2/c1-3-9-23(38-27(29-2)32-24(36)17-21-12-4-6-14-30-21)19-10-8-11-20(16-19)26-34-35-28(39-26)33-25(37)18-22-13-5-7-15-31-22/h4-7,9,12-15,19-20H,3,8,10-11,16-18H2,1-2H3,(H,29,32,36)(H,33,35,37)/b23-9+. The molecule has 3 aromatic heterocycles. The number of nitrogens with one attached hydrogen (secondary N) is 2. The lowest BCUT2D eigenvalue weighted by Gasteiger charge is -2.29. The molecule has 0 aliphatic heterocycles. The molecule has 2 N–H and O–H groups in total. The number of amidine groups is 1. The van der Waals surface area contributed by atoms with Crippen LogP contribution in [0.3, 0.4) is 0 Å². The van der Waals surface area contributed by atoms with Gasteiger partial charge in [-0.2, -0.15) is 0 Å². The molecule has 0 bridgehead atoms. The van der Waals surface area contributed by atoms with Crippen LogP contribution in [0.25, 0.3) is 0 Å². The molecule has 1 saturated carbocycles. The van der Waals surface area contributed by atoms with Crippen molar-refractivity contribution in [1.29, 1.82) is 0 Å². The Balaban J connectivity index is 1.34. The van der Waals surface area contributed by atoms with Crippen LogP contribution in [0, 0.1) is 5.92 Å². The van der Waals surface area contributed by atoms with Gasteiger partial charge in [-0.15, -0.1) is 10.2 Å². The SMILES string of the molecule is CC/C=C(/SC(=NC)NC(=O)Cc1ccccn1)C1CCCC(c2nnc(NC(=O)Cc3ccccn3)s2)C1. The summed E-state index contributed by atoms with van der Waals surface area (Å²) in [5.41, 5.74) is 1.43. The minimum absolute atomic E-state index is 0.134. The zero-order valence-corrected chi connectivity index (χ0v) is 23.8. The number of amides is 2. The van der Waals surface area contributed by atoms with Crippen LogP contribution in [-0.2, 0) is 22.4 Å². The van der Waals surface area contributed by atoms with Crippen molar-refractivity contribution >= 4 is 45.2 Å². The largest absolute Gasteiger partial charge is 0.305 e. The second-order valence-corrected chi connectivity index (χ2v) is 11.3. The van der Waals surface area contributed by atoms with Gasteiger partial charge in [-0.05, 0) is 60.8 Å². The van der Waals surface area contributed by atoms with Crippen LogP contribution < -0.4 is 10.6 Å². The van der Waals surface area contributed by atoms with Crippen molar-refractivity contribution in [2.45, 2.75) is 57.8 Å². The molecule has 0 spiro atoms. The first kappa shape index (κ1) is 28.6. The Morgan fingerprint density at radius 2 is 1.77 bits per heavy atom. The van der Waals surface area contributed by atoms with Crippen LogP contribution >= 0.6 is 23.1 Å². The first-order chi connectivity index (χ1) is 19.0. The van der Waals surface area contributed by atoms with Crippen LogP contribution in [0.2, 0.25) is 0 Å². The van der Waals surface area contributed by atoms with E-state index in [9.17, 15) is 9.59 Å². The average Bonchev–Trinajstić information content (AvgIpc) is 3.41. The molecule has 9 nitrogen and oxygen atoms in total. The number of carbonyl (C=O) groups is 2. The first-order valence-electron chi connectivity index (χ1n) is 13.1. The maximum atomic E-state index is 12.6. The number of carbonyl (C=O) groups excluding carboxylic acids is 2. The molecule has 0 radical (unpaired) electrons. The van der Waals surface area contributed by atoms with Gasteiger partial charge in [0.15, 0.2) is 5.17 Å². The normalized spacial score (nSPS) is 18.0. The minimum Gasteiger partial charge on any atom is -0.305 e. The van der Waals surface area contributed by atoms with E-state index in [2.05, 4.69) is 48.8 Å². The number of nitrogens with zero attached hydrogens (tertiary/aromatic N) is 5. The number of aromatic nitrogens is 4. The van der Waals surface area contributed by atoms with Crippen LogP contribution in [0.4, 0.5) is 5.13 Å². The highest BCUT2D eigenvalue weighted by atomic mass is 32.2. The van der Waals surface area contributed by atoms with Gasteiger partial charge in [0, 0.05) is 36.7 Å². The fraction of sp³-hybridized carbons (Fsp3) is 0.393. The van der Waals surface area contributed by atoms with Gasteiger partial charge in [0.1, 0.15) is 5.01 Å². The molecule has 3 heterocycles. The number of hydrogen-bond acceptors (Lipinski definition) is 9. The van der Waals surface area contributed by atoms with Gasteiger partial charge in [-0.3, -0.25) is 24.5 Å². The van der Waals surface area contributed by atoms with Gasteiger partial charge in [-0.1, -0.05) is 54.7 Å². The summed E-state index contributed by atoms with van der Waals surface area (Å²) in [7, 11) is 1.70. The highest BCUT2D eigenvalue weighted by Gasteiger charge is 2.29. The Hall–Kier alpha value is -3.44. The van der Waals surface area contributed by atoms with E-state index in [1.54, 1.807) is 19.4 Å². The first-order valence-corrected chi connectivity index (χ1v) is 14.7. The molecule has 0 aromatic carbocycles. The highest BCUT2D eigenvalue weighted by Crippen LogP contribution is 2.43. The third-order valence-electron chi connectivity index (χ3n) is 6.32. The number of hydrogen-bond donors (Lipinski definition) is 2. The predicted octanol–water partition coefficient (Wildman–Crippen LogP) is 5.15. The number of allylic oxidation sites excluding steroid dienone is 2. The van der Waals surface area contributed by atoms with Gasteiger partial charge in [0.25, 0.3) is 0 Å². The quantitative estimate of drug-likeness (QED) is 0.273. The Labute approximate surface area is 237 Å². The minimum atomic E-state index is -0.154. The summed E-state index contributed by atoms with van der Waals surface area (Å²) in [6.07, 6.45) is 11.0. The van der Waals surface area contributed by atoms with Crippen molar-refractivity contribution in [1.82, 2.24) is 25.5 Å². The van der Waals surface area contributed by atoms with Crippen molar-refractivity contribution in [3.63, 3.8) is 0 Å². The highest BCUT2D eigenvalue weighted by molar-refractivity contribution is 8.17. The number of anilines is 1. The van der Waals surface area contributed by atoms with E-state index in [4.69, 9.17) is 0 Å². The summed E-state index contributed by atoms with van der Waals surface area (Å²) in [6, 6.07) is 11.1. The van der Waals surface area contributed by atoms with Crippen LogP contribution in [0.15, 0.2) is 64.8 Å². The number of aliphatic imine (C=N–C) groups is 1. The van der Waals surface area contributed by atoms with E-state index in [1.165, 1.54) is 28.0 Å². The molecule has 1 aliphatic rings. The van der Waals surface area contributed by atoms with E-state index in [0.29, 0.717) is 21.9 Å². The summed E-state index contributed by atoms with van der Waals surface area (Å²) >= 11 is 2.98. The lowest BCUT2D eigenvalue weighted by atomic mass is 9.81. The van der Waals surface area contributed by atoms with Gasteiger partial charge >= 0.3 is 0 Å². The van der Waals surface area contributed by atoms with Crippen LogP contribution in [0.5, 0.6) is 0 Å². The van der Waals surface area contributed by atoms with Crippen molar-refractivity contribution < 1.29 is 9.59 Å². The van der Waals surface area contributed by atoms with Gasteiger partial charge in [-0.25, -0.2) is 0 Å². The summed E-state index contributed by atoms with van der Waals surface area (Å²) in [4.78, 5) is 39.0. The second kappa shape index (κ2) is 14.6. The van der Waals surface area contributed by atoms with Crippen molar-refractivity contribution in [2.75, 3.05) is 12.4 Å². The molecule has 1 aliphatic carbocycles. The van der Waals surface area contributed by atoms with E-state index < -0.39 is 0 Å². The molecule has 39 heavy (non-hydrogen) atoms. The zero-order chi connectivity index (χ0) is 27.5. The van der Waals surface area contributed by atoms with Gasteiger partial charge < -0.3 is 10.6 Å². The summed E-state index contributed by atoms with van der Waals surface area (Å²) < 4.78 is 0. The maximum absolute atomic E-state index is 12.6. The molecule has 0 saturated heterocycles. The average molecular weight is 564 g/mol. The molecule has 204 valence electrons. The van der Waals surface area contributed by atoms with E-state index in [0.717, 1.165) is 42.8 Å². The summed E-state index contributed by atoms with van der Waals surface area (Å²) in [5.74, 6) is 0.318. The second-order valence-electron chi connectivity index (χ2n) is 9.24. The van der Waals surface area contributed by atoms with Crippen molar-refractivity contribution in [3.8, 4) is 0 Å². The fourth-order valence-electron chi connectivity index (χ4n) is 4.52. The number of rotatable bonds is 9. The third kappa shape index (κ3) is 8.79. The Bertz CT molecular complexity index is 1300. The smallest absolute Gasteiger partial charge is 0.232 e. The van der Waals surface area contributed by atoms with E-state index in [1.807, 2.05) is 36.4 Å². The van der Waals surface area contributed by atoms with Gasteiger partial charge in [0.2, 0.25) is 16.9 Å². The monoisotopic (exact) mass is 563 g/mol. The molecule has 2 atom stereocenters. The van der Waals surface area contributed by atoms with E-state index >= 15 is 0 Å². The van der Waals surface area contributed by atoms with Crippen LogP contribution in [0.1, 0.15) is 61.3 Å². The Kier molecular flexibility index (Phi) is 10.7. The summed E-state index contributed by atoms with van der Waals surface area (Å²) in [5, 5.41) is 16.5. The Morgan fingerprint density at radius 3 is 2.41 bits per heavy atom. The summed E-state index contributed by atoms with van der Waals surface area (Å²) in [6.45, 7) is 2.12. The van der Waals surface area contributed by atoms with Crippen molar-refractivity contribution in [3.05, 3.63) is 76.2 Å². The third-order valence-corrected chi connectivity index (χ3v) is 8.53. The molecule has 2 unspecified atom stereocenters. The lowest BCUT2D eigenvalue weighted by Crippen LogP contribution is -2.30. The molecule has 11 heteroatoms. The van der Waals surface area contributed by atoms with Crippen LogP contribution in [-0.4, -0.2) is 44.2 Å². The molecule has 4 rings (SSSR count). The molecule has 3 aromatic rings. The fourth-order valence-corrected chi connectivity index (χ4v) is 6.53. The number of pyridine rings is 2. The zero-order valence-electron chi connectivity index (χ0n) is 22.2. The molecule has 1 fully saturated rings. The van der Waals surface area contributed by atoms with Crippen molar-refractivity contribution in [2.24, 2.45) is 10.9 Å². The topological polar surface area (TPSA) is 122 Å². The van der Waals surface area contributed by atoms with Gasteiger partial charge in [0.05, 0.1) is 12.8 Å².